The van der Waals surface area contributed by atoms with Crippen LogP contribution < -0.4 is 20.9 Å². The Morgan fingerprint density at radius 1 is 1.31 bits per heavy atom. The van der Waals surface area contributed by atoms with Crippen molar-refractivity contribution in [2.24, 2.45) is 5.73 Å². The molecule has 0 spiro atoms. The van der Waals surface area contributed by atoms with E-state index in [1.165, 1.54) is 19.5 Å². The Labute approximate surface area is 205 Å². The molecule has 10 nitrogen and oxygen atoms in total. The van der Waals surface area contributed by atoms with Gasteiger partial charge in [-0.2, -0.15) is 0 Å². The molecular weight excluding hydrogens is 465 g/mol. The summed E-state index contributed by atoms with van der Waals surface area (Å²) in [6.07, 6.45) is 4.51. The molecule has 0 amide bonds. The maximum atomic E-state index is 16.0. The van der Waals surface area contributed by atoms with Crippen LogP contribution in [0.15, 0.2) is 53.6 Å². The molecular formula is C25H24FN7O3. The van der Waals surface area contributed by atoms with Gasteiger partial charge in [0.05, 0.1) is 19.6 Å². The van der Waals surface area contributed by atoms with Crippen LogP contribution in [0.1, 0.15) is 40.4 Å². The highest BCUT2D eigenvalue weighted by atomic mass is 19.1. The molecule has 11 heteroatoms. The van der Waals surface area contributed by atoms with Gasteiger partial charge in [0, 0.05) is 29.1 Å². The van der Waals surface area contributed by atoms with E-state index in [9.17, 15) is 4.79 Å². The number of nitrogens with zero attached hydrogens (tertiary/aromatic N) is 4. The van der Waals surface area contributed by atoms with Gasteiger partial charge in [0.25, 0.3) is 5.95 Å². The Bertz CT molecular complexity index is 1470. The fraction of sp³-hybridized carbons (Fsp3) is 0.240. The van der Waals surface area contributed by atoms with Gasteiger partial charge in [0.1, 0.15) is 17.5 Å². The van der Waals surface area contributed by atoms with E-state index in [1.807, 2.05) is 12.1 Å². The van der Waals surface area contributed by atoms with E-state index in [-0.39, 0.29) is 17.6 Å². The van der Waals surface area contributed by atoms with Gasteiger partial charge in [-0.1, -0.05) is 24.3 Å². The Morgan fingerprint density at radius 2 is 2.06 bits per heavy atom. The lowest BCUT2D eigenvalue weighted by molar-refractivity contribution is 0.264. The molecule has 4 N–H and O–H groups in total. The predicted octanol–water partition coefficient (Wildman–Crippen LogP) is 2.48. The van der Waals surface area contributed by atoms with Crippen LogP contribution in [0.3, 0.4) is 0 Å². The third-order valence-electron chi connectivity index (χ3n) is 6.13. The van der Waals surface area contributed by atoms with Crippen molar-refractivity contribution in [3.8, 4) is 17.4 Å². The smallest absolute Gasteiger partial charge is 0.350 e. The number of methoxy groups -OCH3 is 1. The van der Waals surface area contributed by atoms with E-state index in [0.717, 1.165) is 10.2 Å². The second-order valence-electron chi connectivity index (χ2n) is 8.39. The second kappa shape index (κ2) is 9.61. The topological polar surface area (TPSA) is 145 Å². The van der Waals surface area contributed by atoms with Crippen LogP contribution in [0.2, 0.25) is 0 Å². The number of nitrogens with two attached hydrogens (primary N) is 1. The largest absolute Gasteiger partial charge is 0.493 e. The predicted molar refractivity (Wildman–Crippen MR) is 130 cm³/mol. The number of amidine groups is 1. The number of rotatable bonds is 7. The summed E-state index contributed by atoms with van der Waals surface area (Å²) in [6, 6.07) is 10.3. The molecule has 2 aromatic heterocycles. The number of hydrogen-bond acceptors (Lipinski definition) is 7. The van der Waals surface area contributed by atoms with Crippen LogP contribution in [0, 0.1) is 11.2 Å². The van der Waals surface area contributed by atoms with E-state index >= 15 is 4.39 Å². The number of fused-ring (bicyclic) bond motifs is 1. The first-order valence-corrected chi connectivity index (χ1v) is 11.4. The molecule has 1 aliphatic rings. The van der Waals surface area contributed by atoms with Crippen LogP contribution in [-0.4, -0.2) is 44.3 Å². The summed E-state index contributed by atoms with van der Waals surface area (Å²) in [5, 5.41) is 12.1. The van der Waals surface area contributed by atoms with Crippen molar-refractivity contribution in [3.05, 3.63) is 93.2 Å². The maximum absolute atomic E-state index is 16.0. The first kappa shape index (κ1) is 23.2. The fourth-order valence-corrected chi connectivity index (χ4v) is 4.35. The molecule has 3 heterocycles. The molecule has 0 saturated carbocycles. The highest BCUT2D eigenvalue weighted by Gasteiger charge is 2.30. The monoisotopic (exact) mass is 489 g/mol. The molecule has 2 aromatic carbocycles. The number of benzene rings is 2. The summed E-state index contributed by atoms with van der Waals surface area (Å²) in [5.41, 5.74) is 7.22. The number of hydrogen-bond donors (Lipinski definition) is 3. The quantitative estimate of drug-likeness (QED) is 0.267. The van der Waals surface area contributed by atoms with Gasteiger partial charge < -0.3 is 15.2 Å². The van der Waals surface area contributed by atoms with Gasteiger partial charge in [-0.25, -0.2) is 19.2 Å². The SMILES string of the molecule is COc1cc(C(Cc2ccc(C(=N)N)cc2)c2nn(-c3ncccn3)c(=O)[nH]2)c(F)c2c1OCCC2. The fourth-order valence-electron chi connectivity index (χ4n) is 4.35. The minimum Gasteiger partial charge on any atom is -0.493 e. The molecule has 1 unspecified atom stereocenters. The van der Waals surface area contributed by atoms with Gasteiger partial charge in [-0.15, -0.1) is 9.78 Å². The number of aromatic nitrogens is 5. The molecule has 184 valence electrons. The van der Waals surface area contributed by atoms with Crippen LogP contribution >= 0.6 is 0 Å². The number of aromatic amines is 1. The van der Waals surface area contributed by atoms with Crippen molar-refractivity contribution < 1.29 is 13.9 Å². The number of H-pyrrole nitrogens is 1. The molecule has 1 atom stereocenters. The lowest BCUT2D eigenvalue weighted by Gasteiger charge is -2.24. The molecule has 36 heavy (non-hydrogen) atoms. The molecule has 0 radical (unpaired) electrons. The van der Waals surface area contributed by atoms with Crippen molar-refractivity contribution in [1.82, 2.24) is 24.7 Å². The Kier molecular flexibility index (Phi) is 6.19. The minimum absolute atomic E-state index is 0.0468. The van der Waals surface area contributed by atoms with Gasteiger partial charge in [0.15, 0.2) is 11.5 Å². The minimum atomic E-state index is -0.674. The number of ether oxygens (including phenoxy) is 2. The molecule has 0 fully saturated rings. The molecule has 4 aromatic rings. The molecule has 0 bridgehead atoms. The van der Waals surface area contributed by atoms with Crippen LogP contribution in [0.4, 0.5) is 4.39 Å². The lowest BCUT2D eigenvalue weighted by atomic mass is 9.88. The Hall–Kier alpha value is -4.54. The molecule has 1 aliphatic heterocycles. The zero-order valence-electron chi connectivity index (χ0n) is 19.5. The van der Waals surface area contributed by atoms with Gasteiger partial charge in [0.2, 0.25) is 0 Å². The first-order valence-electron chi connectivity index (χ1n) is 11.4. The lowest BCUT2D eigenvalue weighted by Crippen LogP contribution is -2.18. The summed E-state index contributed by atoms with van der Waals surface area (Å²) in [7, 11) is 1.51. The van der Waals surface area contributed by atoms with E-state index < -0.39 is 17.4 Å². The maximum Gasteiger partial charge on any atom is 0.350 e. The summed E-state index contributed by atoms with van der Waals surface area (Å²) >= 11 is 0. The highest BCUT2D eigenvalue weighted by Crippen LogP contribution is 2.42. The van der Waals surface area contributed by atoms with Crippen molar-refractivity contribution in [2.45, 2.75) is 25.2 Å². The number of halogens is 1. The average Bonchev–Trinajstić information content (AvgIpc) is 3.30. The van der Waals surface area contributed by atoms with E-state index in [0.29, 0.717) is 54.1 Å². The second-order valence-corrected chi connectivity index (χ2v) is 8.39. The van der Waals surface area contributed by atoms with Crippen molar-refractivity contribution in [2.75, 3.05) is 13.7 Å². The van der Waals surface area contributed by atoms with Crippen LogP contribution in [0.25, 0.3) is 5.95 Å². The Balaban J connectivity index is 1.64. The van der Waals surface area contributed by atoms with Gasteiger partial charge in [-0.3, -0.25) is 10.4 Å². The van der Waals surface area contributed by atoms with Crippen molar-refractivity contribution in [3.63, 3.8) is 0 Å². The summed E-state index contributed by atoms with van der Waals surface area (Å²) in [4.78, 5) is 23.7. The zero-order valence-corrected chi connectivity index (χ0v) is 19.5. The van der Waals surface area contributed by atoms with Crippen LogP contribution in [-0.2, 0) is 12.8 Å². The van der Waals surface area contributed by atoms with E-state index in [2.05, 4.69) is 20.1 Å². The summed E-state index contributed by atoms with van der Waals surface area (Å²) in [5.74, 6) is 0.0494. The third-order valence-corrected chi connectivity index (χ3v) is 6.13. The molecule has 0 saturated heterocycles. The van der Waals surface area contributed by atoms with Crippen molar-refractivity contribution in [1.29, 1.82) is 5.41 Å². The number of nitrogens with one attached hydrogen (secondary N) is 2. The van der Waals surface area contributed by atoms with Crippen molar-refractivity contribution >= 4 is 5.84 Å². The van der Waals surface area contributed by atoms with Crippen LogP contribution in [0.5, 0.6) is 11.5 Å². The first-order chi connectivity index (χ1) is 17.5. The molecule has 0 aliphatic carbocycles. The number of nitrogen functional groups attached to an aromatic ring is 1. The Morgan fingerprint density at radius 3 is 2.75 bits per heavy atom. The summed E-state index contributed by atoms with van der Waals surface area (Å²) < 4.78 is 28.3. The normalized spacial score (nSPS) is 13.5. The van der Waals surface area contributed by atoms with E-state index in [1.54, 1.807) is 24.3 Å². The highest BCUT2D eigenvalue weighted by molar-refractivity contribution is 5.94. The third kappa shape index (κ3) is 4.30. The molecule has 5 rings (SSSR count). The standard InChI is InChI=1S/C25H24FN7O3/c1-35-19-13-17(20(26)16-4-2-11-36-21(16)19)18(12-14-5-7-15(8-6-14)22(27)28)23-31-25(34)33(32-23)24-29-9-3-10-30-24/h3,5-10,13,18H,2,4,11-12H2,1H3,(H3,27,28)(H,31,32,34). The average molecular weight is 490 g/mol. The van der Waals surface area contributed by atoms with Gasteiger partial charge >= 0.3 is 5.69 Å². The summed E-state index contributed by atoms with van der Waals surface area (Å²) in [6.45, 7) is 0.489. The van der Waals surface area contributed by atoms with Gasteiger partial charge in [-0.05, 0) is 37.0 Å². The zero-order chi connectivity index (χ0) is 25.2. The van der Waals surface area contributed by atoms with E-state index in [4.69, 9.17) is 20.6 Å².